The molecule has 1 aliphatic heterocycles. The lowest BCUT2D eigenvalue weighted by Gasteiger charge is -2.34. The van der Waals surface area contributed by atoms with Gasteiger partial charge >= 0.3 is 0 Å². The molecule has 3 heteroatoms. The van der Waals surface area contributed by atoms with Crippen LogP contribution in [0.4, 0.5) is 4.39 Å². The fourth-order valence-corrected chi connectivity index (χ4v) is 3.07. The highest BCUT2D eigenvalue weighted by molar-refractivity contribution is 5.20. The molecule has 2 nitrogen and oxygen atoms in total. The van der Waals surface area contributed by atoms with Gasteiger partial charge in [0.15, 0.2) is 0 Å². The smallest absolute Gasteiger partial charge is 0.127 e. The molecule has 1 unspecified atom stereocenters. The fourth-order valence-electron chi connectivity index (χ4n) is 3.07. The van der Waals surface area contributed by atoms with Gasteiger partial charge in [-0.2, -0.15) is 0 Å². The van der Waals surface area contributed by atoms with Crippen molar-refractivity contribution in [2.75, 3.05) is 19.6 Å². The van der Waals surface area contributed by atoms with Crippen molar-refractivity contribution in [1.29, 1.82) is 0 Å². The van der Waals surface area contributed by atoms with Gasteiger partial charge in [-0.15, -0.1) is 0 Å². The van der Waals surface area contributed by atoms with Gasteiger partial charge < -0.3 is 10.2 Å². The van der Waals surface area contributed by atoms with Crippen LogP contribution < -0.4 is 5.32 Å². The third kappa shape index (κ3) is 4.29. The summed E-state index contributed by atoms with van der Waals surface area (Å²) in [4.78, 5) is 2.54. The molecule has 1 aromatic rings. The third-order valence-electron chi connectivity index (χ3n) is 4.07. The van der Waals surface area contributed by atoms with Crippen LogP contribution in [0.15, 0.2) is 24.3 Å². The van der Waals surface area contributed by atoms with E-state index in [0.29, 0.717) is 6.04 Å². The Kier molecular flexibility index (Phi) is 5.55. The summed E-state index contributed by atoms with van der Waals surface area (Å²) in [6, 6.07) is 7.66. The van der Waals surface area contributed by atoms with Gasteiger partial charge in [-0.05, 0) is 44.8 Å². The highest BCUT2D eigenvalue weighted by Gasteiger charge is 2.21. The molecule has 1 aromatic carbocycles. The van der Waals surface area contributed by atoms with E-state index in [1.165, 1.54) is 6.54 Å². The van der Waals surface area contributed by atoms with Crippen LogP contribution >= 0.6 is 0 Å². The highest BCUT2D eigenvalue weighted by atomic mass is 19.1. The lowest BCUT2D eigenvalue weighted by atomic mass is 10.0. The minimum Gasteiger partial charge on any atom is -0.307 e. The zero-order valence-electron chi connectivity index (χ0n) is 12.9. The molecule has 1 aliphatic rings. The first-order valence-corrected chi connectivity index (χ1v) is 7.79. The van der Waals surface area contributed by atoms with E-state index in [1.807, 2.05) is 12.1 Å². The van der Waals surface area contributed by atoms with Gasteiger partial charge in [0.2, 0.25) is 0 Å². The Hall–Kier alpha value is -0.930. The van der Waals surface area contributed by atoms with E-state index in [4.69, 9.17) is 0 Å². The van der Waals surface area contributed by atoms with E-state index in [-0.39, 0.29) is 11.9 Å². The van der Waals surface area contributed by atoms with Gasteiger partial charge in [0.1, 0.15) is 5.82 Å². The molecule has 0 radical (unpaired) electrons. The summed E-state index contributed by atoms with van der Waals surface area (Å²) in [6.07, 6.45) is 2.32. The first-order chi connectivity index (χ1) is 9.56. The maximum atomic E-state index is 13.8. The van der Waals surface area contributed by atoms with Crippen molar-refractivity contribution in [2.24, 2.45) is 5.92 Å². The highest BCUT2D eigenvalue weighted by Crippen LogP contribution is 2.20. The average molecular weight is 278 g/mol. The Morgan fingerprint density at radius 2 is 1.85 bits per heavy atom. The number of halogens is 1. The molecule has 0 bridgehead atoms. The summed E-state index contributed by atoms with van der Waals surface area (Å²) in [5.41, 5.74) is 0.775. The molecular weight excluding hydrogens is 251 g/mol. The topological polar surface area (TPSA) is 15.3 Å². The SMILES string of the molecule is CC(C)CN1CCC(NC(C)c2ccccc2F)CC1. The Balaban J connectivity index is 1.82. The second-order valence-corrected chi connectivity index (χ2v) is 6.38. The number of benzene rings is 1. The number of hydrogen-bond donors (Lipinski definition) is 1. The van der Waals surface area contributed by atoms with Crippen molar-refractivity contribution >= 4 is 0 Å². The predicted molar refractivity (Wildman–Crippen MR) is 82.3 cm³/mol. The molecule has 0 aliphatic carbocycles. The van der Waals surface area contributed by atoms with E-state index < -0.39 is 0 Å². The summed E-state index contributed by atoms with van der Waals surface area (Å²) >= 11 is 0. The number of likely N-dealkylation sites (tertiary alicyclic amines) is 1. The van der Waals surface area contributed by atoms with E-state index in [0.717, 1.165) is 37.4 Å². The summed E-state index contributed by atoms with van der Waals surface area (Å²) in [5, 5.41) is 3.58. The Morgan fingerprint density at radius 3 is 2.45 bits per heavy atom. The number of rotatable bonds is 5. The van der Waals surface area contributed by atoms with Crippen molar-refractivity contribution < 1.29 is 4.39 Å². The zero-order chi connectivity index (χ0) is 14.5. The quantitative estimate of drug-likeness (QED) is 0.885. The van der Waals surface area contributed by atoms with Gasteiger partial charge in [0.25, 0.3) is 0 Å². The number of nitrogens with one attached hydrogen (secondary N) is 1. The standard InChI is InChI=1S/C17H27FN2/c1-13(2)12-20-10-8-15(9-11-20)19-14(3)16-6-4-5-7-17(16)18/h4-7,13-15,19H,8-12H2,1-3H3. The molecule has 1 fully saturated rings. The van der Waals surface area contributed by atoms with Crippen LogP contribution in [0.25, 0.3) is 0 Å². The minimum absolute atomic E-state index is 0.0813. The van der Waals surface area contributed by atoms with Crippen molar-refractivity contribution in [3.63, 3.8) is 0 Å². The minimum atomic E-state index is -0.107. The molecule has 2 rings (SSSR count). The van der Waals surface area contributed by atoms with E-state index in [1.54, 1.807) is 12.1 Å². The summed E-state index contributed by atoms with van der Waals surface area (Å²) in [6.45, 7) is 10.1. The van der Waals surface area contributed by atoms with Gasteiger partial charge in [-0.3, -0.25) is 0 Å². The van der Waals surface area contributed by atoms with Crippen LogP contribution in [0.3, 0.4) is 0 Å². The van der Waals surface area contributed by atoms with E-state index in [9.17, 15) is 4.39 Å². The van der Waals surface area contributed by atoms with Crippen LogP contribution in [0.2, 0.25) is 0 Å². The maximum absolute atomic E-state index is 13.8. The molecule has 0 spiro atoms. The van der Waals surface area contributed by atoms with Crippen molar-refractivity contribution in [3.8, 4) is 0 Å². The number of hydrogen-bond acceptors (Lipinski definition) is 2. The summed E-state index contributed by atoms with van der Waals surface area (Å²) in [5.74, 6) is 0.626. The molecule has 1 atom stereocenters. The van der Waals surface area contributed by atoms with Crippen molar-refractivity contribution in [1.82, 2.24) is 10.2 Å². The second kappa shape index (κ2) is 7.19. The normalized spacial score (nSPS) is 19.4. The molecule has 0 amide bonds. The molecule has 0 aromatic heterocycles. The predicted octanol–water partition coefficient (Wildman–Crippen LogP) is 3.60. The zero-order valence-corrected chi connectivity index (χ0v) is 12.9. The third-order valence-corrected chi connectivity index (χ3v) is 4.07. The molecule has 1 saturated heterocycles. The molecule has 1 N–H and O–H groups in total. The van der Waals surface area contributed by atoms with Gasteiger partial charge in [-0.1, -0.05) is 32.0 Å². The molecule has 0 saturated carbocycles. The first kappa shape index (κ1) is 15.5. The molecule has 20 heavy (non-hydrogen) atoms. The monoisotopic (exact) mass is 278 g/mol. The van der Waals surface area contributed by atoms with Gasteiger partial charge in [0.05, 0.1) is 0 Å². The summed E-state index contributed by atoms with van der Waals surface area (Å²) in [7, 11) is 0. The van der Waals surface area contributed by atoms with Gasteiger partial charge in [-0.25, -0.2) is 4.39 Å². The molecular formula is C17H27FN2. The largest absolute Gasteiger partial charge is 0.307 e. The van der Waals surface area contributed by atoms with E-state index >= 15 is 0 Å². The second-order valence-electron chi connectivity index (χ2n) is 6.38. The van der Waals surface area contributed by atoms with Crippen molar-refractivity contribution in [3.05, 3.63) is 35.6 Å². The lowest BCUT2D eigenvalue weighted by Crippen LogP contribution is -2.44. The van der Waals surface area contributed by atoms with Crippen LogP contribution in [0.1, 0.15) is 45.2 Å². The van der Waals surface area contributed by atoms with Crippen molar-refractivity contribution in [2.45, 2.75) is 45.7 Å². The Morgan fingerprint density at radius 1 is 1.20 bits per heavy atom. The van der Waals surface area contributed by atoms with Crippen LogP contribution in [-0.4, -0.2) is 30.6 Å². The fraction of sp³-hybridized carbons (Fsp3) is 0.647. The first-order valence-electron chi connectivity index (χ1n) is 7.79. The number of nitrogens with zero attached hydrogens (tertiary/aromatic N) is 1. The van der Waals surface area contributed by atoms with Crippen LogP contribution in [-0.2, 0) is 0 Å². The van der Waals surface area contributed by atoms with Crippen LogP contribution in [0, 0.1) is 11.7 Å². The van der Waals surface area contributed by atoms with Gasteiger partial charge in [0, 0.05) is 24.2 Å². The molecule has 112 valence electrons. The van der Waals surface area contributed by atoms with E-state index in [2.05, 4.69) is 31.0 Å². The lowest BCUT2D eigenvalue weighted by molar-refractivity contribution is 0.175. The summed E-state index contributed by atoms with van der Waals surface area (Å²) < 4.78 is 13.8. The Labute approximate surface area is 122 Å². The molecule has 1 heterocycles. The Bertz CT molecular complexity index is 411. The maximum Gasteiger partial charge on any atom is 0.127 e. The number of piperidine rings is 1. The average Bonchev–Trinajstić information content (AvgIpc) is 2.41. The van der Waals surface area contributed by atoms with Crippen LogP contribution in [0.5, 0.6) is 0 Å².